The molecule has 2 aromatic carbocycles. The second-order valence-electron chi connectivity index (χ2n) is 6.80. The van der Waals surface area contributed by atoms with Gasteiger partial charge < -0.3 is 10.1 Å². The van der Waals surface area contributed by atoms with Gasteiger partial charge in [-0.2, -0.15) is 0 Å². The average Bonchev–Trinajstić information content (AvgIpc) is 2.55. The highest BCUT2D eigenvalue weighted by molar-refractivity contribution is 7.92. The molecule has 0 heterocycles. The number of carbonyl (C=O) groups excluding carboxylic acids is 1. The van der Waals surface area contributed by atoms with E-state index in [1.54, 1.807) is 24.3 Å². The van der Waals surface area contributed by atoms with E-state index in [1.807, 2.05) is 45.9 Å². The van der Waals surface area contributed by atoms with Crippen molar-refractivity contribution in [1.82, 2.24) is 0 Å². The number of hydrogen-bond donors (Lipinski definition) is 1. The van der Waals surface area contributed by atoms with Crippen LogP contribution in [0.3, 0.4) is 0 Å². The minimum atomic E-state index is -3.63. The predicted molar refractivity (Wildman–Crippen MR) is 109 cm³/mol. The van der Waals surface area contributed by atoms with E-state index in [0.717, 1.165) is 21.7 Å². The number of rotatable bonds is 7. The van der Waals surface area contributed by atoms with Crippen LogP contribution in [0.25, 0.3) is 0 Å². The molecule has 6 nitrogen and oxygen atoms in total. The van der Waals surface area contributed by atoms with Gasteiger partial charge >= 0.3 is 0 Å². The van der Waals surface area contributed by atoms with Crippen molar-refractivity contribution in [3.05, 3.63) is 53.6 Å². The Morgan fingerprint density at radius 3 is 2.30 bits per heavy atom. The first-order chi connectivity index (χ1) is 12.6. The van der Waals surface area contributed by atoms with E-state index in [1.165, 1.54) is 0 Å². The first-order valence-electron chi connectivity index (χ1n) is 8.68. The number of sulfonamides is 1. The normalized spacial score (nSPS) is 11.3. The van der Waals surface area contributed by atoms with Crippen molar-refractivity contribution < 1.29 is 17.9 Å². The van der Waals surface area contributed by atoms with Crippen LogP contribution in [0.4, 0.5) is 11.4 Å². The second-order valence-corrected chi connectivity index (χ2v) is 8.70. The monoisotopic (exact) mass is 390 g/mol. The highest BCUT2D eigenvalue weighted by Gasteiger charge is 2.21. The lowest BCUT2D eigenvalue weighted by Gasteiger charge is -2.22. The number of ether oxygens (including phenoxy) is 1. The van der Waals surface area contributed by atoms with E-state index in [-0.39, 0.29) is 12.6 Å². The summed E-state index contributed by atoms with van der Waals surface area (Å²) in [5.74, 6) is 0.235. The number of aryl methyl sites for hydroxylation is 2. The Hall–Kier alpha value is -2.54. The second kappa shape index (κ2) is 8.43. The summed E-state index contributed by atoms with van der Waals surface area (Å²) in [5.41, 5.74) is 3.01. The molecule has 0 aliphatic heterocycles. The van der Waals surface area contributed by atoms with Gasteiger partial charge in [0.2, 0.25) is 15.9 Å². The molecule has 2 aromatic rings. The molecule has 0 atom stereocenters. The van der Waals surface area contributed by atoms with E-state index < -0.39 is 15.9 Å². The first kappa shape index (κ1) is 20.8. The van der Waals surface area contributed by atoms with Crippen LogP contribution in [0, 0.1) is 13.8 Å². The van der Waals surface area contributed by atoms with E-state index >= 15 is 0 Å². The van der Waals surface area contributed by atoms with Gasteiger partial charge in [0, 0.05) is 5.69 Å². The van der Waals surface area contributed by atoms with Gasteiger partial charge in [0.1, 0.15) is 12.3 Å². The fourth-order valence-corrected chi connectivity index (χ4v) is 3.41. The van der Waals surface area contributed by atoms with Crippen molar-refractivity contribution in [1.29, 1.82) is 0 Å². The van der Waals surface area contributed by atoms with Crippen LogP contribution in [0.2, 0.25) is 0 Å². The number of nitrogens with one attached hydrogen (secondary N) is 1. The van der Waals surface area contributed by atoms with Crippen LogP contribution >= 0.6 is 0 Å². The predicted octanol–water partition coefficient (Wildman–Crippen LogP) is 3.50. The Balaban J connectivity index is 2.19. The van der Waals surface area contributed by atoms with Gasteiger partial charge in [-0.1, -0.05) is 12.1 Å². The zero-order valence-corrected chi connectivity index (χ0v) is 17.1. The van der Waals surface area contributed by atoms with Crippen molar-refractivity contribution in [2.24, 2.45) is 0 Å². The SMILES string of the molecule is Cc1ccc(C)c(NC(=O)CN(c2ccc(OC(C)C)cc2)S(C)(=O)=O)c1. The number of hydrogen-bond acceptors (Lipinski definition) is 4. The number of carbonyl (C=O) groups is 1. The lowest BCUT2D eigenvalue weighted by atomic mass is 10.1. The van der Waals surface area contributed by atoms with Crippen molar-refractivity contribution in [2.75, 3.05) is 22.4 Å². The molecule has 0 spiro atoms. The smallest absolute Gasteiger partial charge is 0.245 e. The minimum Gasteiger partial charge on any atom is -0.491 e. The van der Waals surface area contributed by atoms with E-state index in [9.17, 15) is 13.2 Å². The molecule has 0 fully saturated rings. The number of amides is 1. The largest absolute Gasteiger partial charge is 0.491 e. The van der Waals surface area contributed by atoms with Crippen LogP contribution < -0.4 is 14.4 Å². The fourth-order valence-electron chi connectivity index (χ4n) is 2.55. The van der Waals surface area contributed by atoms with Gasteiger partial charge in [-0.05, 0) is 69.2 Å². The molecule has 27 heavy (non-hydrogen) atoms. The highest BCUT2D eigenvalue weighted by Crippen LogP contribution is 2.23. The molecule has 1 amide bonds. The van der Waals surface area contributed by atoms with Gasteiger partial charge in [-0.25, -0.2) is 8.42 Å². The molecule has 0 aromatic heterocycles. The maximum Gasteiger partial charge on any atom is 0.245 e. The average molecular weight is 391 g/mol. The Bertz CT molecular complexity index is 906. The molecule has 0 radical (unpaired) electrons. The minimum absolute atomic E-state index is 0.0187. The summed E-state index contributed by atoms with van der Waals surface area (Å²) in [6.07, 6.45) is 1.10. The topological polar surface area (TPSA) is 75.7 Å². The van der Waals surface area contributed by atoms with Gasteiger partial charge in [-0.3, -0.25) is 9.10 Å². The number of nitrogens with zero attached hydrogens (tertiary/aromatic N) is 1. The van der Waals surface area contributed by atoms with Gasteiger partial charge in [-0.15, -0.1) is 0 Å². The molecule has 0 aliphatic carbocycles. The molecule has 0 saturated carbocycles. The summed E-state index contributed by atoms with van der Waals surface area (Å²) >= 11 is 0. The molecule has 2 rings (SSSR count). The molecule has 0 bridgehead atoms. The molecular weight excluding hydrogens is 364 g/mol. The molecule has 0 unspecified atom stereocenters. The van der Waals surface area contributed by atoms with Crippen LogP contribution in [-0.2, 0) is 14.8 Å². The third-order valence-corrected chi connectivity index (χ3v) is 4.99. The van der Waals surface area contributed by atoms with Crippen molar-refractivity contribution >= 4 is 27.3 Å². The van der Waals surface area contributed by atoms with Gasteiger partial charge in [0.25, 0.3) is 0 Å². The molecule has 0 saturated heterocycles. The summed E-state index contributed by atoms with van der Waals surface area (Å²) in [6.45, 7) is 7.33. The van der Waals surface area contributed by atoms with Crippen LogP contribution in [0.5, 0.6) is 5.75 Å². The van der Waals surface area contributed by atoms with Crippen molar-refractivity contribution in [3.8, 4) is 5.75 Å². The number of anilines is 2. The third-order valence-electron chi connectivity index (χ3n) is 3.85. The maximum absolute atomic E-state index is 12.5. The first-order valence-corrected chi connectivity index (χ1v) is 10.5. The highest BCUT2D eigenvalue weighted by atomic mass is 32.2. The lowest BCUT2D eigenvalue weighted by molar-refractivity contribution is -0.114. The van der Waals surface area contributed by atoms with E-state index in [0.29, 0.717) is 17.1 Å². The van der Waals surface area contributed by atoms with E-state index in [2.05, 4.69) is 5.32 Å². The zero-order chi connectivity index (χ0) is 20.2. The Kier molecular flexibility index (Phi) is 6.49. The third kappa shape index (κ3) is 5.99. The molecule has 146 valence electrons. The molecule has 0 aliphatic rings. The Labute approximate surface area is 161 Å². The zero-order valence-electron chi connectivity index (χ0n) is 16.3. The maximum atomic E-state index is 12.5. The molecule has 7 heteroatoms. The van der Waals surface area contributed by atoms with Crippen LogP contribution in [0.15, 0.2) is 42.5 Å². The van der Waals surface area contributed by atoms with Crippen LogP contribution in [-0.4, -0.2) is 33.2 Å². The standard InChI is InChI=1S/C20H26N2O4S/c1-14(2)26-18-10-8-17(9-11-18)22(27(5,24)25)13-20(23)21-19-12-15(3)6-7-16(19)4/h6-12,14H,13H2,1-5H3,(H,21,23). The summed E-state index contributed by atoms with van der Waals surface area (Å²) in [4.78, 5) is 12.5. The summed E-state index contributed by atoms with van der Waals surface area (Å²) < 4.78 is 31.1. The summed E-state index contributed by atoms with van der Waals surface area (Å²) in [5, 5.41) is 2.79. The lowest BCUT2D eigenvalue weighted by Crippen LogP contribution is -2.37. The summed E-state index contributed by atoms with van der Waals surface area (Å²) in [6, 6.07) is 12.4. The van der Waals surface area contributed by atoms with E-state index in [4.69, 9.17) is 4.74 Å². The van der Waals surface area contributed by atoms with Crippen molar-refractivity contribution in [2.45, 2.75) is 33.8 Å². The number of benzene rings is 2. The fraction of sp³-hybridized carbons (Fsp3) is 0.350. The molecule has 1 N–H and O–H groups in total. The Morgan fingerprint density at radius 2 is 1.74 bits per heavy atom. The van der Waals surface area contributed by atoms with Gasteiger partial charge in [0.05, 0.1) is 18.0 Å². The summed E-state index contributed by atoms with van der Waals surface area (Å²) in [7, 11) is -3.63. The van der Waals surface area contributed by atoms with Crippen LogP contribution in [0.1, 0.15) is 25.0 Å². The van der Waals surface area contributed by atoms with Gasteiger partial charge in [0.15, 0.2) is 0 Å². The quantitative estimate of drug-likeness (QED) is 0.785. The Morgan fingerprint density at radius 1 is 1.11 bits per heavy atom. The molecular formula is C20H26N2O4S. The van der Waals surface area contributed by atoms with Crippen molar-refractivity contribution in [3.63, 3.8) is 0 Å².